The van der Waals surface area contributed by atoms with Gasteiger partial charge in [0.2, 0.25) is 0 Å². The molecule has 1 aromatic carbocycles. The number of halogens is 2. The zero-order valence-electron chi connectivity index (χ0n) is 11.0. The lowest BCUT2D eigenvalue weighted by Gasteiger charge is -2.13. The molecule has 2 aromatic rings. The minimum Gasteiger partial charge on any atom is -0.324 e. The molecule has 1 aromatic heterocycles. The van der Waals surface area contributed by atoms with Gasteiger partial charge in [0.05, 0.1) is 10.7 Å². The molecule has 0 aliphatic carbocycles. The topological polar surface area (TPSA) is 43.8 Å². The number of hydrogen-bond donors (Lipinski definition) is 1. The molecule has 0 aliphatic heterocycles. The second-order valence-electron chi connectivity index (χ2n) is 4.58. The summed E-state index contributed by atoms with van der Waals surface area (Å²) in [6.07, 6.45) is 0.621. The van der Waals surface area contributed by atoms with Gasteiger partial charge in [-0.2, -0.15) is 5.10 Å². The van der Waals surface area contributed by atoms with Gasteiger partial charge in [0.15, 0.2) is 0 Å². The third-order valence-corrected chi connectivity index (χ3v) is 3.39. The molecule has 0 saturated heterocycles. The third kappa shape index (κ3) is 3.14. The zero-order valence-corrected chi connectivity index (χ0v) is 11.8. The summed E-state index contributed by atoms with van der Waals surface area (Å²) < 4.78 is 15.3. The van der Waals surface area contributed by atoms with Gasteiger partial charge in [-0.25, -0.2) is 4.39 Å². The van der Waals surface area contributed by atoms with E-state index in [0.717, 1.165) is 23.5 Å². The molecule has 19 heavy (non-hydrogen) atoms. The molecule has 0 radical (unpaired) electrons. The van der Waals surface area contributed by atoms with Crippen LogP contribution < -0.4 is 5.73 Å². The number of nitrogens with two attached hydrogens (primary N) is 1. The number of benzene rings is 1. The van der Waals surface area contributed by atoms with Gasteiger partial charge in [-0.1, -0.05) is 17.7 Å². The van der Waals surface area contributed by atoms with Crippen molar-refractivity contribution in [3.8, 4) is 0 Å². The van der Waals surface area contributed by atoms with Crippen LogP contribution >= 0.6 is 11.6 Å². The summed E-state index contributed by atoms with van der Waals surface area (Å²) in [6.45, 7) is 4.78. The monoisotopic (exact) mass is 281 g/mol. The van der Waals surface area contributed by atoms with Gasteiger partial charge in [-0.05, 0) is 37.6 Å². The van der Waals surface area contributed by atoms with Gasteiger partial charge in [0.1, 0.15) is 5.82 Å². The van der Waals surface area contributed by atoms with Crippen LogP contribution in [-0.4, -0.2) is 9.78 Å². The van der Waals surface area contributed by atoms with Crippen LogP contribution in [0.3, 0.4) is 0 Å². The highest BCUT2D eigenvalue weighted by molar-refractivity contribution is 6.30. The average Bonchev–Trinajstić information content (AvgIpc) is 2.72. The molecule has 1 heterocycles. The molecule has 5 heteroatoms. The van der Waals surface area contributed by atoms with E-state index in [0.29, 0.717) is 6.42 Å². The molecule has 0 spiro atoms. The predicted octanol–water partition coefficient (Wildman–Crippen LogP) is 3.25. The van der Waals surface area contributed by atoms with E-state index in [1.165, 1.54) is 12.1 Å². The highest BCUT2D eigenvalue weighted by Gasteiger charge is 2.13. The number of hydrogen-bond acceptors (Lipinski definition) is 2. The van der Waals surface area contributed by atoms with E-state index in [-0.39, 0.29) is 11.1 Å². The van der Waals surface area contributed by atoms with Crippen LogP contribution in [-0.2, 0) is 13.0 Å². The summed E-state index contributed by atoms with van der Waals surface area (Å²) in [5, 5.41) is 4.49. The molecule has 1 atom stereocenters. The normalized spacial score (nSPS) is 12.7. The quantitative estimate of drug-likeness (QED) is 0.935. The Bertz CT molecular complexity index is 580. The number of aryl methyl sites for hydroxylation is 2. The molecular weight excluding hydrogens is 265 g/mol. The van der Waals surface area contributed by atoms with Crippen molar-refractivity contribution in [2.24, 2.45) is 5.73 Å². The molecular formula is C14H17ClFN3. The second kappa shape index (κ2) is 5.72. The zero-order chi connectivity index (χ0) is 14.0. The van der Waals surface area contributed by atoms with Crippen molar-refractivity contribution < 1.29 is 4.39 Å². The Morgan fingerprint density at radius 1 is 1.42 bits per heavy atom. The van der Waals surface area contributed by atoms with E-state index in [1.807, 2.05) is 24.6 Å². The van der Waals surface area contributed by atoms with Crippen molar-refractivity contribution in [3.63, 3.8) is 0 Å². The second-order valence-corrected chi connectivity index (χ2v) is 4.98. The van der Waals surface area contributed by atoms with Crippen LogP contribution in [0.4, 0.5) is 4.39 Å². The van der Waals surface area contributed by atoms with Crippen LogP contribution in [0, 0.1) is 12.7 Å². The molecule has 102 valence electrons. The van der Waals surface area contributed by atoms with Gasteiger partial charge in [-0.15, -0.1) is 0 Å². The smallest absolute Gasteiger partial charge is 0.142 e. The SMILES string of the molecule is CCn1nc(C)cc1CC(N)c1ccc(Cl)c(F)c1. The van der Waals surface area contributed by atoms with Gasteiger partial charge >= 0.3 is 0 Å². The minimum absolute atomic E-state index is 0.116. The lowest BCUT2D eigenvalue weighted by molar-refractivity contribution is 0.582. The van der Waals surface area contributed by atoms with Gasteiger partial charge in [0, 0.05) is 24.7 Å². The molecule has 0 fully saturated rings. The summed E-state index contributed by atoms with van der Waals surface area (Å²) in [6, 6.07) is 6.43. The van der Waals surface area contributed by atoms with Crippen LogP contribution in [0.25, 0.3) is 0 Å². The van der Waals surface area contributed by atoms with Crippen molar-refractivity contribution in [1.29, 1.82) is 0 Å². The summed E-state index contributed by atoms with van der Waals surface area (Å²) >= 11 is 5.67. The van der Waals surface area contributed by atoms with Crippen molar-refractivity contribution in [3.05, 3.63) is 52.1 Å². The van der Waals surface area contributed by atoms with Crippen LogP contribution in [0.2, 0.25) is 5.02 Å². The third-order valence-electron chi connectivity index (χ3n) is 3.09. The molecule has 3 nitrogen and oxygen atoms in total. The fourth-order valence-electron chi connectivity index (χ4n) is 2.12. The molecule has 0 bridgehead atoms. The fraction of sp³-hybridized carbons (Fsp3) is 0.357. The lowest BCUT2D eigenvalue weighted by atomic mass is 10.0. The summed E-state index contributed by atoms with van der Waals surface area (Å²) in [5.41, 5.74) is 8.89. The first-order valence-corrected chi connectivity index (χ1v) is 6.63. The standard InChI is InChI=1S/C14H17ClFN3/c1-3-19-11(6-9(2)18-19)8-14(17)10-4-5-12(15)13(16)7-10/h4-7,14H,3,8,17H2,1-2H3. The maximum absolute atomic E-state index is 13.4. The molecule has 0 saturated carbocycles. The first-order valence-electron chi connectivity index (χ1n) is 6.25. The van der Waals surface area contributed by atoms with E-state index in [2.05, 4.69) is 5.10 Å². The summed E-state index contributed by atoms with van der Waals surface area (Å²) in [5.74, 6) is -0.435. The molecule has 0 amide bonds. The molecule has 2 rings (SSSR count). The van der Waals surface area contributed by atoms with E-state index in [9.17, 15) is 4.39 Å². The van der Waals surface area contributed by atoms with Gasteiger partial charge < -0.3 is 5.73 Å². The van der Waals surface area contributed by atoms with Crippen molar-refractivity contribution in [1.82, 2.24) is 9.78 Å². The Morgan fingerprint density at radius 3 is 2.79 bits per heavy atom. The number of aromatic nitrogens is 2. The number of rotatable bonds is 4. The summed E-state index contributed by atoms with van der Waals surface area (Å²) in [4.78, 5) is 0. The lowest BCUT2D eigenvalue weighted by Crippen LogP contribution is -2.16. The van der Waals surface area contributed by atoms with Crippen LogP contribution in [0.1, 0.15) is 29.9 Å². The highest BCUT2D eigenvalue weighted by atomic mass is 35.5. The first kappa shape index (κ1) is 14.0. The maximum Gasteiger partial charge on any atom is 0.142 e. The van der Waals surface area contributed by atoms with Crippen molar-refractivity contribution in [2.75, 3.05) is 0 Å². The minimum atomic E-state index is -0.435. The number of nitrogens with zero attached hydrogens (tertiary/aromatic N) is 2. The molecule has 0 aliphatic rings. The largest absolute Gasteiger partial charge is 0.324 e. The highest BCUT2D eigenvalue weighted by Crippen LogP contribution is 2.21. The van der Waals surface area contributed by atoms with Crippen LogP contribution in [0.15, 0.2) is 24.3 Å². The maximum atomic E-state index is 13.4. The Kier molecular flexibility index (Phi) is 4.22. The van der Waals surface area contributed by atoms with Gasteiger partial charge in [-0.3, -0.25) is 4.68 Å². The Labute approximate surface area is 117 Å². The predicted molar refractivity (Wildman–Crippen MR) is 74.7 cm³/mol. The van der Waals surface area contributed by atoms with Crippen molar-refractivity contribution in [2.45, 2.75) is 32.9 Å². The van der Waals surface area contributed by atoms with Gasteiger partial charge in [0.25, 0.3) is 0 Å². The van der Waals surface area contributed by atoms with E-state index in [1.54, 1.807) is 6.07 Å². The molecule has 1 unspecified atom stereocenters. The Morgan fingerprint density at radius 2 is 2.16 bits per heavy atom. The van der Waals surface area contributed by atoms with E-state index >= 15 is 0 Å². The fourth-order valence-corrected chi connectivity index (χ4v) is 2.24. The Hall–Kier alpha value is -1.39. The van der Waals surface area contributed by atoms with E-state index < -0.39 is 5.82 Å². The van der Waals surface area contributed by atoms with Crippen LogP contribution in [0.5, 0.6) is 0 Å². The first-order chi connectivity index (χ1) is 9.01. The average molecular weight is 282 g/mol. The summed E-state index contributed by atoms with van der Waals surface area (Å²) in [7, 11) is 0. The van der Waals surface area contributed by atoms with Crippen molar-refractivity contribution >= 4 is 11.6 Å². The molecule has 2 N–H and O–H groups in total. The Balaban J connectivity index is 2.20. The van der Waals surface area contributed by atoms with E-state index in [4.69, 9.17) is 17.3 Å².